The van der Waals surface area contributed by atoms with Crippen LogP contribution in [0.3, 0.4) is 0 Å². The average molecular weight is 296 g/mol. The van der Waals surface area contributed by atoms with E-state index in [1.54, 1.807) is 7.11 Å². The van der Waals surface area contributed by atoms with Gasteiger partial charge in [0, 0.05) is 0 Å². The number of benzene rings is 2. The van der Waals surface area contributed by atoms with Crippen molar-refractivity contribution in [3.8, 4) is 5.75 Å². The lowest BCUT2D eigenvalue weighted by Crippen LogP contribution is -2.12. The van der Waals surface area contributed by atoms with E-state index in [4.69, 9.17) is 9.47 Å². The molecule has 2 aromatic carbocycles. The van der Waals surface area contributed by atoms with Gasteiger partial charge in [0.2, 0.25) is 0 Å². The summed E-state index contributed by atoms with van der Waals surface area (Å²) in [7, 11) is 1.61. The Kier molecular flexibility index (Phi) is 3.78. The molecule has 0 aliphatic rings. The molecule has 0 N–H and O–H groups in total. The van der Waals surface area contributed by atoms with Crippen LogP contribution in [0.2, 0.25) is 0 Å². The van der Waals surface area contributed by atoms with Crippen LogP contribution < -0.4 is 4.74 Å². The lowest BCUT2D eigenvalue weighted by atomic mass is 10.2. The molecule has 0 bridgehead atoms. The number of nitrogens with zero attached hydrogens (tertiary/aromatic N) is 2. The van der Waals surface area contributed by atoms with E-state index in [1.165, 1.54) is 10.9 Å². The summed E-state index contributed by atoms with van der Waals surface area (Å²) in [5.74, 6) is 0.769. The van der Waals surface area contributed by atoms with Gasteiger partial charge in [0.25, 0.3) is 0 Å². The van der Waals surface area contributed by atoms with Crippen molar-refractivity contribution in [2.75, 3.05) is 7.11 Å². The van der Waals surface area contributed by atoms with Gasteiger partial charge >= 0.3 is 6.09 Å². The molecule has 0 amide bonds. The normalized spacial score (nSPS) is 10.6. The Balaban J connectivity index is 1.72. The Morgan fingerprint density at radius 3 is 2.68 bits per heavy atom. The third kappa shape index (κ3) is 2.79. The highest BCUT2D eigenvalue weighted by molar-refractivity contribution is 5.86. The van der Waals surface area contributed by atoms with Gasteiger partial charge in [-0.1, -0.05) is 18.2 Å². The Hall–Kier alpha value is -2.82. The van der Waals surface area contributed by atoms with Gasteiger partial charge < -0.3 is 9.47 Å². The molecule has 22 heavy (non-hydrogen) atoms. The fourth-order valence-electron chi connectivity index (χ4n) is 2.20. The van der Waals surface area contributed by atoms with Crippen LogP contribution in [0, 0.1) is 6.92 Å². The number of methoxy groups -OCH3 is 1. The SMILES string of the molecule is COc1ccc(COC(=O)n2cnc3cc(C)ccc32)cc1. The Morgan fingerprint density at radius 2 is 1.95 bits per heavy atom. The minimum atomic E-state index is -0.442. The summed E-state index contributed by atoms with van der Waals surface area (Å²) >= 11 is 0. The van der Waals surface area contributed by atoms with E-state index in [0.29, 0.717) is 0 Å². The van der Waals surface area contributed by atoms with Gasteiger partial charge in [-0.15, -0.1) is 0 Å². The summed E-state index contributed by atoms with van der Waals surface area (Å²) in [6.45, 7) is 2.19. The van der Waals surface area contributed by atoms with Crippen LogP contribution in [-0.2, 0) is 11.3 Å². The fraction of sp³-hybridized carbons (Fsp3) is 0.176. The predicted molar refractivity (Wildman–Crippen MR) is 83.0 cm³/mol. The van der Waals surface area contributed by atoms with Gasteiger partial charge in [0.15, 0.2) is 0 Å². The van der Waals surface area contributed by atoms with Crippen LogP contribution in [0.15, 0.2) is 48.8 Å². The van der Waals surface area contributed by atoms with E-state index in [0.717, 1.165) is 27.9 Å². The average Bonchev–Trinajstić information content (AvgIpc) is 2.96. The van der Waals surface area contributed by atoms with Gasteiger partial charge in [-0.3, -0.25) is 0 Å². The van der Waals surface area contributed by atoms with Crippen molar-refractivity contribution in [3.05, 3.63) is 59.9 Å². The zero-order chi connectivity index (χ0) is 15.5. The zero-order valence-electron chi connectivity index (χ0n) is 12.4. The number of carbonyl (C=O) groups is 1. The third-order valence-electron chi connectivity index (χ3n) is 3.42. The minimum Gasteiger partial charge on any atom is -0.497 e. The number of aromatic nitrogens is 2. The van der Waals surface area contributed by atoms with Crippen molar-refractivity contribution < 1.29 is 14.3 Å². The molecule has 1 heterocycles. The molecule has 0 spiro atoms. The summed E-state index contributed by atoms with van der Waals surface area (Å²) in [6.07, 6.45) is 1.04. The maximum Gasteiger partial charge on any atom is 0.420 e. The fourth-order valence-corrected chi connectivity index (χ4v) is 2.20. The van der Waals surface area contributed by atoms with Gasteiger partial charge in [0.1, 0.15) is 18.7 Å². The number of hydrogen-bond donors (Lipinski definition) is 0. The van der Waals surface area contributed by atoms with Crippen LogP contribution in [0.1, 0.15) is 11.1 Å². The smallest absolute Gasteiger partial charge is 0.420 e. The number of carbonyl (C=O) groups excluding carboxylic acids is 1. The summed E-state index contributed by atoms with van der Waals surface area (Å²) in [6, 6.07) is 13.1. The summed E-state index contributed by atoms with van der Waals surface area (Å²) in [4.78, 5) is 16.4. The Bertz CT molecular complexity index is 806. The molecular weight excluding hydrogens is 280 g/mol. The van der Waals surface area contributed by atoms with E-state index in [2.05, 4.69) is 4.98 Å². The Morgan fingerprint density at radius 1 is 1.18 bits per heavy atom. The zero-order valence-corrected chi connectivity index (χ0v) is 12.4. The topological polar surface area (TPSA) is 53.4 Å². The number of imidazole rings is 1. The highest BCUT2D eigenvalue weighted by atomic mass is 16.5. The van der Waals surface area contributed by atoms with Gasteiger partial charge in [-0.05, 0) is 42.3 Å². The Labute approximate surface area is 128 Å². The summed E-state index contributed by atoms with van der Waals surface area (Å²) < 4.78 is 11.8. The van der Waals surface area contributed by atoms with Crippen LogP contribution >= 0.6 is 0 Å². The first-order valence-electron chi connectivity index (χ1n) is 6.91. The van der Waals surface area contributed by atoms with E-state index in [1.807, 2.05) is 49.4 Å². The highest BCUT2D eigenvalue weighted by Crippen LogP contribution is 2.16. The molecule has 0 unspecified atom stereocenters. The van der Waals surface area contributed by atoms with Crippen LogP contribution in [0.4, 0.5) is 4.79 Å². The molecule has 1 aromatic heterocycles. The molecule has 0 fully saturated rings. The number of aryl methyl sites for hydroxylation is 1. The predicted octanol–water partition coefficient (Wildman–Crippen LogP) is 3.54. The maximum atomic E-state index is 12.2. The second-order valence-corrected chi connectivity index (χ2v) is 5.01. The molecule has 0 saturated heterocycles. The number of rotatable bonds is 3. The second kappa shape index (κ2) is 5.89. The maximum absolute atomic E-state index is 12.2. The molecule has 0 aliphatic heterocycles. The van der Waals surface area contributed by atoms with E-state index < -0.39 is 6.09 Å². The highest BCUT2D eigenvalue weighted by Gasteiger charge is 2.11. The molecule has 112 valence electrons. The van der Waals surface area contributed by atoms with Crippen molar-refractivity contribution in [3.63, 3.8) is 0 Å². The van der Waals surface area contributed by atoms with Crippen LogP contribution in [0.25, 0.3) is 11.0 Å². The quantitative estimate of drug-likeness (QED) is 0.742. The van der Waals surface area contributed by atoms with Crippen LogP contribution in [-0.4, -0.2) is 22.8 Å². The third-order valence-corrected chi connectivity index (χ3v) is 3.42. The van der Waals surface area contributed by atoms with Crippen molar-refractivity contribution >= 4 is 17.1 Å². The molecule has 5 nitrogen and oxygen atoms in total. The van der Waals surface area contributed by atoms with E-state index >= 15 is 0 Å². The summed E-state index contributed by atoms with van der Waals surface area (Å²) in [5.41, 5.74) is 3.52. The number of fused-ring (bicyclic) bond motifs is 1. The lowest BCUT2D eigenvalue weighted by Gasteiger charge is -2.07. The van der Waals surface area contributed by atoms with Crippen molar-refractivity contribution in [2.24, 2.45) is 0 Å². The van der Waals surface area contributed by atoms with Crippen molar-refractivity contribution in [1.82, 2.24) is 9.55 Å². The molecule has 0 atom stereocenters. The lowest BCUT2D eigenvalue weighted by molar-refractivity contribution is 0.142. The largest absolute Gasteiger partial charge is 0.497 e. The van der Waals surface area contributed by atoms with E-state index in [9.17, 15) is 4.79 Å². The first-order valence-corrected chi connectivity index (χ1v) is 6.91. The summed E-state index contributed by atoms with van der Waals surface area (Å²) in [5, 5.41) is 0. The molecule has 0 radical (unpaired) electrons. The second-order valence-electron chi connectivity index (χ2n) is 5.01. The first-order chi connectivity index (χ1) is 10.7. The molecule has 3 rings (SSSR count). The van der Waals surface area contributed by atoms with Crippen molar-refractivity contribution in [1.29, 1.82) is 0 Å². The standard InChI is InChI=1S/C17H16N2O3/c1-12-3-8-16-15(9-12)18-11-19(16)17(20)22-10-13-4-6-14(21-2)7-5-13/h3-9,11H,10H2,1-2H3. The monoisotopic (exact) mass is 296 g/mol. The first kappa shape index (κ1) is 14.1. The molecule has 3 aromatic rings. The van der Waals surface area contributed by atoms with Crippen LogP contribution in [0.5, 0.6) is 5.75 Å². The number of hydrogen-bond acceptors (Lipinski definition) is 4. The van der Waals surface area contributed by atoms with Gasteiger partial charge in [-0.25, -0.2) is 14.3 Å². The van der Waals surface area contributed by atoms with E-state index in [-0.39, 0.29) is 6.61 Å². The molecule has 5 heteroatoms. The van der Waals surface area contributed by atoms with Gasteiger partial charge in [0.05, 0.1) is 18.1 Å². The molecular formula is C17H16N2O3. The minimum absolute atomic E-state index is 0.203. The number of ether oxygens (including phenoxy) is 2. The molecule has 0 saturated carbocycles. The molecule has 0 aliphatic carbocycles. The van der Waals surface area contributed by atoms with Gasteiger partial charge in [-0.2, -0.15) is 0 Å². The van der Waals surface area contributed by atoms with Crippen molar-refractivity contribution in [2.45, 2.75) is 13.5 Å².